The van der Waals surface area contributed by atoms with Crippen molar-refractivity contribution in [2.75, 3.05) is 23.8 Å². The van der Waals surface area contributed by atoms with Crippen LogP contribution in [0.25, 0.3) is 0 Å². The minimum atomic E-state index is -1.10. The molecule has 0 aromatic heterocycles. The Kier molecular flexibility index (Phi) is 4.48. The van der Waals surface area contributed by atoms with Gasteiger partial charge in [0.2, 0.25) is 5.91 Å². The van der Waals surface area contributed by atoms with Gasteiger partial charge in [-0.1, -0.05) is 18.2 Å². The molecule has 5 rings (SSSR count). The van der Waals surface area contributed by atoms with Crippen LogP contribution in [0.2, 0.25) is 0 Å². The zero-order valence-electron chi connectivity index (χ0n) is 16.3. The summed E-state index contributed by atoms with van der Waals surface area (Å²) in [6, 6.07) is 9.49. The lowest BCUT2D eigenvalue weighted by Crippen LogP contribution is -2.55. The second-order valence-corrected chi connectivity index (χ2v) is 9.01. The van der Waals surface area contributed by atoms with Gasteiger partial charge in [0.1, 0.15) is 11.4 Å². The molecular formula is C22H20BrF2N3O2. The summed E-state index contributed by atoms with van der Waals surface area (Å²) in [5, 5.41) is 2.63. The number of hydrogen-bond donors (Lipinski definition) is 1. The van der Waals surface area contributed by atoms with E-state index in [4.69, 9.17) is 0 Å². The fourth-order valence-corrected chi connectivity index (χ4v) is 6.05. The topological polar surface area (TPSA) is 52.7 Å². The van der Waals surface area contributed by atoms with Crippen LogP contribution in [0.3, 0.4) is 0 Å². The number of hydrogen-bond acceptors (Lipinski definition) is 3. The molecular weight excluding hydrogens is 456 g/mol. The number of anilines is 2. The summed E-state index contributed by atoms with van der Waals surface area (Å²) in [6.45, 7) is 0.733. The molecule has 3 aliphatic heterocycles. The van der Waals surface area contributed by atoms with Crippen LogP contribution in [0, 0.1) is 17.6 Å². The summed E-state index contributed by atoms with van der Waals surface area (Å²) in [7, 11) is 1.73. The van der Waals surface area contributed by atoms with Crippen LogP contribution in [0.4, 0.5) is 20.2 Å². The van der Waals surface area contributed by atoms with E-state index in [1.165, 1.54) is 0 Å². The highest BCUT2D eigenvalue weighted by Crippen LogP contribution is 2.56. The molecule has 0 bridgehead atoms. The summed E-state index contributed by atoms with van der Waals surface area (Å²) in [4.78, 5) is 30.9. The Morgan fingerprint density at radius 3 is 2.80 bits per heavy atom. The van der Waals surface area contributed by atoms with E-state index < -0.39 is 29.0 Å². The minimum absolute atomic E-state index is 0.115. The van der Waals surface area contributed by atoms with E-state index in [0.717, 1.165) is 42.8 Å². The highest BCUT2D eigenvalue weighted by atomic mass is 79.9. The van der Waals surface area contributed by atoms with E-state index in [0.29, 0.717) is 6.42 Å². The Bertz CT molecular complexity index is 1060. The van der Waals surface area contributed by atoms with Crippen LogP contribution in [0.15, 0.2) is 40.9 Å². The van der Waals surface area contributed by atoms with Crippen molar-refractivity contribution < 1.29 is 18.4 Å². The van der Waals surface area contributed by atoms with Gasteiger partial charge in [0.25, 0.3) is 5.91 Å². The maximum atomic E-state index is 14.4. The summed E-state index contributed by atoms with van der Waals surface area (Å²) in [6.07, 6.45) is 2.40. The molecule has 2 aromatic rings. The number of amides is 2. The smallest absolute Gasteiger partial charge is 0.252 e. The van der Waals surface area contributed by atoms with Gasteiger partial charge in [-0.25, -0.2) is 8.78 Å². The molecule has 2 aromatic carbocycles. The van der Waals surface area contributed by atoms with Crippen LogP contribution >= 0.6 is 15.9 Å². The Morgan fingerprint density at radius 1 is 1.27 bits per heavy atom. The van der Waals surface area contributed by atoms with Gasteiger partial charge >= 0.3 is 0 Å². The van der Waals surface area contributed by atoms with E-state index in [2.05, 4.69) is 26.1 Å². The molecule has 1 spiro atoms. The average Bonchev–Trinajstić information content (AvgIpc) is 3.35. The van der Waals surface area contributed by atoms with Gasteiger partial charge in [-0.3, -0.25) is 14.5 Å². The van der Waals surface area contributed by atoms with Crippen molar-refractivity contribution in [3.63, 3.8) is 0 Å². The zero-order valence-corrected chi connectivity index (χ0v) is 17.9. The van der Waals surface area contributed by atoms with Crippen molar-refractivity contribution in [2.45, 2.75) is 30.8 Å². The summed E-state index contributed by atoms with van der Waals surface area (Å²) in [5.74, 6) is -2.85. The molecule has 30 heavy (non-hydrogen) atoms. The van der Waals surface area contributed by atoms with Crippen LogP contribution in [-0.4, -0.2) is 36.3 Å². The molecule has 0 radical (unpaired) electrons. The summed E-state index contributed by atoms with van der Waals surface area (Å²) in [5.41, 5.74) is 0.401. The first-order valence-corrected chi connectivity index (χ1v) is 10.7. The van der Waals surface area contributed by atoms with Crippen LogP contribution in [-0.2, 0) is 15.1 Å². The van der Waals surface area contributed by atoms with Gasteiger partial charge < -0.3 is 10.2 Å². The molecule has 1 N–H and O–H groups in total. The molecule has 5 nitrogen and oxygen atoms in total. The number of fused-ring (bicyclic) bond motifs is 4. The lowest BCUT2D eigenvalue weighted by atomic mass is 9.78. The van der Waals surface area contributed by atoms with Gasteiger partial charge in [0, 0.05) is 34.9 Å². The maximum absolute atomic E-state index is 14.4. The normalized spacial score (nSPS) is 27.6. The molecule has 156 valence electrons. The van der Waals surface area contributed by atoms with Gasteiger partial charge in [-0.05, 0) is 53.9 Å². The lowest BCUT2D eigenvalue weighted by Gasteiger charge is -2.37. The number of likely N-dealkylation sites (N-methyl/N-ethyl adjacent to an activating group) is 1. The second-order valence-electron chi connectivity index (χ2n) is 8.16. The zero-order chi connectivity index (χ0) is 21.2. The Hall–Kier alpha value is -2.32. The number of carbonyl (C=O) groups is 2. The van der Waals surface area contributed by atoms with E-state index in [9.17, 15) is 18.4 Å². The Morgan fingerprint density at radius 2 is 2.03 bits per heavy atom. The second kappa shape index (κ2) is 6.85. The van der Waals surface area contributed by atoms with Gasteiger partial charge in [-0.2, -0.15) is 0 Å². The lowest BCUT2D eigenvalue weighted by molar-refractivity contribution is -0.136. The third-order valence-electron chi connectivity index (χ3n) is 6.72. The summed E-state index contributed by atoms with van der Waals surface area (Å²) >= 11 is 3.13. The molecule has 2 saturated heterocycles. The van der Waals surface area contributed by atoms with Gasteiger partial charge in [-0.15, -0.1) is 0 Å². The highest BCUT2D eigenvalue weighted by molar-refractivity contribution is 9.10. The number of nitrogens with zero attached hydrogens (tertiary/aromatic N) is 2. The van der Waals surface area contributed by atoms with Crippen molar-refractivity contribution in [1.82, 2.24) is 4.90 Å². The number of rotatable bonds is 2. The fraction of sp³-hybridized carbons (Fsp3) is 0.364. The number of carbonyl (C=O) groups excluding carboxylic acids is 2. The molecule has 3 heterocycles. The molecule has 2 amide bonds. The van der Waals surface area contributed by atoms with E-state index in [-0.39, 0.29) is 22.1 Å². The minimum Gasteiger partial charge on any atom is -0.322 e. The van der Waals surface area contributed by atoms with E-state index in [1.807, 2.05) is 24.3 Å². The number of para-hydroxylation sites is 1. The average molecular weight is 476 g/mol. The molecule has 0 aliphatic carbocycles. The standard InChI is InChI=1S/C22H20BrF2N3O2/c1-27-18-7-3-2-6-14(18)22(21(27)30)15(11-13-5-4-8-28(13)22)20(29)26-19-16(23)9-12(24)10-17(19)25/h2-3,6-7,9-10,13,15H,4-5,8,11H2,1H3,(H,26,29). The largest absolute Gasteiger partial charge is 0.322 e. The van der Waals surface area contributed by atoms with Crippen molar-refractivity contribution in [2.24, 2.45) is 5.92 Å². The number of nitrogens with one attached hydrogen (secondary N) is 1. The fourth-order valence-electron chi connectivity index (χ4n) is 5.54. The Balaban J connectivity index is 1.60. The SMILES string of the molecule is CN1C(=O)C2(c3ccccc31)C(C(=O)Nc1c(F)cc(F)cc1Br)CC1CCCN12. The molecule has 3 atom stereocenters. The van der Waals surface area contributed by atoms with Crippen molar-refractivity contribution >= 4 is 39.1 Å². The third-order valence-corrected chi connectivity index (χ3v) is 7.35. The third kappa shape index (κ3) is 2.53. The number of halogens is 3. The first-order valence-electron chi connectivity index (χ1n) is 9.95. The monoisotopic (exact) mass is 475 g/mol. The first kappa shape index (κ1) is 19.6. The van der Waals surface area contributed by atoms with Crippen molar-refractivity contribution in [1.29, 1.82) is 0 Å². The molecule has 0 saturated carbocycles. The molecule has 3 aliphatic rings. The van der Waals surface area contributed by atoms with Crippen molar-refractivity contribution in [3.8, 4) is 0 Å². The Labute approximate surface area is 181 Å². The van der Waals surface area contributed by atoms with Crippen LogP contribution < -0.4 is 10.2 Å². The number of benzene rings is 2. The highest BCUT2D eigenvalue weighted by Gasteiger charge is 2.66. The first-order chi connectivity index (χ1) is 14.4. The van der Waals surface area contributed by atoms with Crippen molar-refractivity contribution in [3.05, 3.63) is 58.1 Å². The van der Waals surface area contributed by atoms with Gasteiger partial charge in [0.05, 0.1) is 11.6 Å². The van der Waals surface area contributed by atoms with Gasteiger partial charge in [0.15, 0.2) is 5.82 Å². The van der Waals surface area contributed by atoms with E-state index in [1.54, 1.807) is 11.9 Å². The van der Waals surface area contributed by atoms with Crippen LogP contribution in [0.5, 0.6) is 0 Å². The quantitative estimate of drug-likeness (QED) is 0.713. The predicted octanol–water partition coefficient (Wildman–Crippen LogP) is 4.02. The predicted molar refractivity (Wildman–Crippen MR) is 112 cm³/mol. The molecule has 8 heteroatoms. The molecule has 2 fully saturated rings. The summed E-state index contributed by atoms with van der Waals surface area (Å²) < 4.78 is 28.0. The van der Waals surface area contributed by atoms with E-state index >= 15 is 0 Å². The molecule has 3 unspecified atom stereocenters. The maximum Gasteiger partial charge on any atom is 0.252 e. The van der Waals surface area contributed by atoms with Crippen LogP contribution in [0.1, 0.15) is 24.8 Å².